The fraction of sp³-hybridized carbons (Fsp3) is 0.320. The zero-order chi connectivity index (χ0) is 25.2. The average molecular weight is 508 g/mol. The number of hydrogen-bond acceptors (Lipinski definition) is 8. The Morgan fingerprint density at radius 1 is 1.14 bits per heavy atom. The van der Waals surface area contributed by atoms with E-state index < -0.39 is 17.3 Å². The number of aromatic nitrogens is 4. The first-order valence-electron chi connectivity index (χ1n) is 11.7. The van der Waals surface area contributed by atoms with Crippen molar-refractivity contribution in [2.24, 2.45) is 0 Å². The number of thiazole rings is 1. The molecule has 5 rings (SSSR count). The summed E-state index contributed by atoms with van der Waals surface area (Å²) in [6.07, 6.45) is 8.27. The van der Waals surface area contributed by atoms with E-state index in [1.165, 1.54) is 29.0 Å². The summed E-state index contributed by atoms with van der Waals surface area (Å²) in [5.41, 5.74) is 0.666. The van der Waals surface area contributed by atoms with Crippen LogP contribution in [0.5, 0.6) is 5.75 Å². The number of piperidine rings is 1. The maximum atomic E-state index is 12.9. The van der Waals surface area contributed by atoms with Gasteiger partial charge in [0.2, 0.25) is 17.4 Å². The lowest BCUT2D eigenvalue weighted by molar-refractivity contribution is -0.132. The number of carbonyl (C=O) groups excluding carboxylic acids is 2. The van der Waals surface area contributed by atoms with Gasteiger partial charge in [0, 0.05) is 43.0 Å². The van der Waals surface area contributed by atoms with Crippen LogP contribution in [0, 0.1) is 0 Å². The van der Waals surface area contributed by atoms with E-state index in [0.717, 1.165) is 42.8 Å². The van der Waals surface area contributed by atoms with E-state index in [1.807, 2.05) is 17.0 Å². The summed E-state index contributed by atoms with van der Waals surface area (Å²) < 4.78 is 7.71. The second-order valence-corrected chi connectivity index (χ2v) is 9.72. The molecule has 0 bridgehead atoms. The normalized spacial score (nSPS) is 13.8. The van der Waals surface area contributed by atoms with Crippen molar-refractivity contribution in [1.29, 1.82) is 0 Å². The van der Waals surface area contributed by atoms with Crippen LogP contribution in [0.4, 0.5) is 0 Å². The van der Waals surface area contributed by atoms with Crippen molar-refractivity contribution in [2.75, 3.05) is 20.2 Å². The molecule has 0 unspecified atom stereocenters. The molecule has 1 N–H and O–H groups in total. The van der Waals surface area contributed by atoms with E-state index in [2.05, 4.69) is 9.97 Å². The predicted octanol–water partition coefficient (Wildman–Crippen LogP) is 2.72. The molecule has 3 aromatic heterocycles. The van der Waals surface area contributed by atoms with Gasteiger partial charge in [-0.3, -0.25) is 9.59 Å². The van der Waals surface area contributed by atoms with Crippen molar-refractivity contribution in [2.45, 2.75) is 32.2 Å². The van der Waals surface area contributed by atoms with Crippen LogP contribution in [-0.4, -0.2) is 61.0 Å². The van der Waals surface area contributed by atoms with Gasteiger partial charge < -0.3 is 19.3 Å². The Bertz CT molecular complexity index is 1500. The highest BCUT2D eigenvalue weighted by atomic mass is 32.1. The lowest BCUT2D eigenvalue weighted by atomic mass is 10.0. The molecule has 4 aromatic rings. The molecule has 1 aliphatic heterocycles. The number of carbonyl (C=O) groups is 2. The van der Waals surface area contributed by atoms with Gasteiger partial charge in [-0.2, -0.15) is 0 Å². The van der Waals surface area contributed by atoms with Gasteiger partial charge in [0.15, 0.2) is 5.69 Å². The summed E-state index contributed by atoms with van der Waals surface area (Å²) in [7, 11) is 1.34. The topological polar surface area (TPSA) is 119 Å². The summed E-state index contributed by atoms with van der Waals surface area (Å²) in [6, 6.07) is 7.14. The third kappa shape index (κ3) is 4.49. The van der Waals surface area contributed by atoms with Gasteiger partial charge in [-0.15, -0.1) is 11.3 Å². The zero-order valence-corrected chi connectivity index (χ0v) is 20.5. The summed E-state index contributed by atoms with van der Waals surface area (Å²) in [5, 5.41) is 11.0. The number of imidazole rings is 1. The number of amides is 1. The van der Waals surface area contributed by atoms with Crippen molar-refractivity contribution in [1.82, 2.24) is 23.8 Å². The third-order valence-corrected chi connectivity index (χ3v) is 7.29. The smallest absolute Gasteiger partial charge is 0.338 e. The predicted molar refractivity (Wildman–Crippen MR) is 133 cm³/mol. The van der Waals surface area contributed by atoms with E-state index in [1.54, 1.807) is 29.1 Å². The van der Waals surface area contributed by atoms with Crippen LogP contribution >= 0.6 is 11.3 Å². The number of nitrogens with zero attached hydrogens (tertiary/aromatic N) is 5. The van der Waals surface area contributed by atoms with Crippen LogP contribution in [0.2, 0.25) is 0 Å². The lowest BCUT2D eigenvalue weighted by Gasteiger charge is -2.26. The van der Waals surface area contributed by atoms with Crippen LogP contribution in [0.25, 0.3) is 16.5 Å². The fourth-order valence-electron chi connectivity index (χ4n) is 4.40. The Balaban J connectivity index is 1.45. The molecule has 0 aliphatic carbocycles. The summed E-state index contributed by atoms with van der Waals surface area (Å²) >= 11 is 1.27. The number of fused-ring (bicyclic) bond motifs is 1. The minimum atomic E-state index is -0.632. The fourth-order valence-corrected chi connectivity index (χ4v) is 5.32. The molecule has 10 nitrogen and oxygen atoms in total. The minimum Gasteiger partial charge on any atom is -0.501 e. The van der Waals surface area contributed by atoms with Crippen LogP contribution in [0.1, 0.15) is 40.1 Å². The number of hydrogen-bond donors (Lipinski definition) is 1. The number of methoxy groups -OCH3 is 1. The Morgan fingerprint density at radius 3 is 2.69 bits per heavy atom. The molecule has 186 valence electrons. The summed E-state index contributed by atoms with van der Waals surface area (Å²) in [4.78, 5) is 49.3. The summed E-state index contributed by atoms with van der Waals surface area (Å²) in [6.45, 7) is 1.53. The van der Waals surface area contributed by atoms with Gasteiger partial charge in [0.05, 0.1) is 12.7 Å². The maximum Gasteiger partial charge on any atom is 0.338 e. The highest BCUT2D eigenvalue weighted by Crippen LogP contribution is 2.30. The van der Waals surface area contributed by atoms with Crippen LogP contribution in [0.15, 0.2) is 47.7 Å². The second kappa shape index (κ2) is 9.94. The van der Waals surface area contributed by atoms with Crippen LogP contribution in [-0.2, 0) is 22.5 Å². The molecule has 1 fully saturated rings. The Kier molecular flexibility index (Phi) is 6.55. The first-order valence-corrected chi connectivity index (χ1v) is 12.5. The van der Waals surface area contributed by atoms with Gasteiger partial charge in [-0.1, -0.05) is 18.2 Å². The quantitative estimate of drug-likeness (QED) is 0.399. The molecule has 36 heavy (non-hydrogen) atoms. The molecule has 0 saturated carbocycles. The third-order valence-electron chi connectivity index (χ3n) is 6.28. The number of aromatic hydroxyl groups is 1. The second-order valence-electron chi connectivity index (χ2n) is 8.61. The first-order chi connectivity index (χ1) is 17.5. The van der Waals surface area contributed by atoms with E-state index in [4.69, 9.17) is 4.74 Å². The first kappa shape index (κ1) is 23.7. The standard InChI is InChI=1S/C25H25N5O5S/c1-35-24(34)18-8-4-3-7-16(18)13-17-14-26-22(36-17)20-21(32)23(33)30-12-11-29(25(30)27-20)15-19(31)28-9-5-2-6-10-28/h3-4,7-8,11-12,14,32H,2,5-6,9-10,13,15H2,1H3. The summed E-state index contributed by atoms with van der Waals surface area (Å²) in [5.74, 6) is -0.708. The number of likely N-dealkylation sites (tertiary alicyclic amines) is 1. The Morgan fingerprint density at radius 2 is 1.92 bits per heavy atom. The molecule has 1 aromatic carbocycles. The van der Waals surface area contributed by atoms with E-state index in [9.17, 15) is 19.5 Å². The van der Waals surface area contributed by atoms with E-state index in [0.29, 0.717) is 17.0 Å². The average Bonchev–Trinajstić information content (AvgIpc) is 3.53. The van der Waals surface area contributed by atoms with Crippen molar-refractivity contribution in [3.05, 3.63) is 69.2 Å². The van der Waals surface area contributed by atoms with Crippen molar-refractivity contribution in [3.8, 4) is 16.5 Å². The number of ether oxygens (including phenoxy) is 1. The maximum absolute atomic E-state index is 12.9. The highest BCUT2D eigenvalue weighted by molar-refractivity contribution is 7.15. The molecule has 0 radical (unpaired) electrons. The van der Waals surface area contributed by atoms with Crippen molar-refractivity contribution >= 4 is 29.0 Å². The SMILES string of the molecule is COC(=O)c1ccccc1Cc1cnc(-c2nc3n(CC(=O)N4CCCCC4)ccn3c(=O)c2O)s1. The Labute approximate surface area is 210 Å². The molecule has 1 aliphatic rings. The molecular weight excluding hydrogens is 482 g/mol. The molecular formula is C25H25N5O5S. The highest BCUT2D eigenvalue weighted by Gasteiger charge is 2.22. The van der Waals surface area contributed by atoms with Gasteiger partial charge in [-0.05, 0) is 30.9 Å². The molecule has 0 atom stereocenters. The zero-order valence-electron chi connectivity index (χ0n) is 19.7. The van der Waals surface area contributed by atoms with Crippen molar-refractivity contribution < 1.29 is 19.4 Å². The van der Waals surface area contributed by atoms with Gasteiger partial charge in [0.1, 0.15) is 11.6 Å². The van der Waals surface area contributed by atoms with Crippen LogP contribution < -0.4 is 5.56 Å². The molecule has 11 heteroatoms. The van der Waals surface area contributed by atoms with Gasteiger partial charge >= 0.3 is 11.5 Å². The monoisotopic (exact) mass is 507 g/mol. The number of esters is 1. The van der Waals surface area contributed by atoms with E-state index in [-0.39, 0.29) is 23.9 Å². The van der Waals surface area contributed by atoms with E-state index >= 15 is 0 Å². The Hall–Kier alpha value is -3.99. The number of benzene rings is 1. The van der Waals surface area contributed by atoms with Crippen LogP contribution in [0.3, 0.4) is 0 Å². The van der Waals surface area contributed by atoms with Gasteiger partial charge in [0.25, 0.3) is 0 Å². The minimum absolute atomic E-state index is 0.0301. The lowest BCUT2D eigenvalue weighted by Crippen LogP contribution is -2.37. The van der Waals surface area contributed by atoms with Crippen molar-refractivity contribution in [3.63, 3.8) is 0 Å². The number of rotatable bonds is 6. The molecule has 1 saturated heterocycles. The van der Waals surface area contributed by atoms with Gasteiger partial charge in [-0.25, -0.2) is 19.2 Å². The molecule has 1 amide bonds. The largest absolute Gasteiger partial charge is 0.501 e. The molecule has 4 heterocycles. The molecule has 0 spiro atoms.